The first-order chi connectivity index (χ1) is 16.2. The fourth-order valence-electron chi connectivity index (χ4n) is 4.10. The van der Waals surface area contributed by atoms with Gasteiger partial charge in [0, 0.05) is 37.3 Å². The maximum Gasteiger partial charge on any atom is 0.280 e. The molecule has 172 valence electrons. The Labute approximate surface area is 194 Å². The molecule has 1 fully saturated rings. The van der Waals surface area contributed by atoms with Crippen LogP contribution in [0.25, 0.3) is 22.4 Å². The van der Waals surface area contributed by atoms with E-state index in [1.807, 2.05) is 67.6 Å². The van der Waals surface area contributed by atoms with Crippen molar-refractivity contribution < 1.29 is 9.53 Å². The van der Waals surface area contributed by atoms with Crippen molar-refractivity contribution in [3.05, 3.63) is 76.6 Å². The summed E-state index contributed by atoms with van der Waals surface area (Å²) in [4.78, 5) is 29.0. The number of benzene rings is 2. The first-order valence-electron chi connectivity index (χ1n) is 11.5. The fourth-order valence-corrected chi connectivity index (χ4v) is 4.10. The average Bonchev–Trinajstić information content (AvgIpc) is 2.88. The maximum absolute atomic E-state index is 13.4. The first-order valence-corrected chi connectivity index (χ1v) is 11.5. The van der Waals surface area contributed by atoms with E-state index in [-0.39, 0.29) is 17.0 Å². The summed E-state index contributed by atoms with van der Waals surface area (Å²) in [7, 11) is 0. The zero-order chi connectivity index (χ0) is 23.0. The Morgan fingerprint density at radius 3 is 2.27 bits per heavy atom. The van der Waals surface area contributed by atoms with Crippen LogP contribution < -0.4 is 10.9 Å². The summed E-state index contributed by atoms with van der Waals surface area (Å²) in [6.07, 6.45) is 0.811. The normalized spacial score (nSPS) is 14.2. The molecular weight excluding hydrogens is 416 g/mol. The predicted octanol–water partition coefficient (Wildman–Crippen LogP) is 3.05. The number of nitrogens with zero attached hydrogens (tertiary/aromatic N) is 3. The molecule has 1 N–H and O–H groups in total. The van der Waals surface area contributed by atoms with E-state index < -0.39 is 0 Å². The number of hydrogen-bond donors (Lipinski definition) is 1. The van der Waals surface area contributed by atoms with Gasteiger partial charge >= 0.3 is 0 Å². The van der Waals surface area contributed by atoms with Gasteiger partial charge < -0.3 is 10.1 Å². The number of nitrogens with one attached hydrogen (secondary N) is 1. The zero-order valence-corrected chi connectivity index (χ0v) is 19.0. The Hall–Kier alpha value is -3.29. The van der Waals surface area contributed by atoms with Gasteiger partial charge in [-0.25, -0.2) is 4.68 Å². The number of ether oxygens (including phenoxy) is 1. The third kappa shape index (κ3) is 5.38. The fraction of sp³-hybridized carbons (Fsp3) is 0.346. The van der Waals surface area contributed by atoms with Gasteiger partial charge in [0.15, 0.2) is 0 Å². The van der Waals surface area contributed by atoms with Crippen LogP contribution in [0.4, 0.5) is 0 Å². The number of carbonyl (C=O) groups is 1. The van der Waals surface area contributed by atoms with E-state index in [0.717, 1.165) is 50.4 Å². The molecule has 0 aliphatic carbocycles. The Kier molecular flexibility index (Phi) is 7.65. The maximum atomic E-state index is 13.4. The van der Waals surface area contributed by atoms with Crippen LogP contribution in [0, 0.1) is 0 Å². The molecule has 1 amide bonds. The summed E-state index contributed by atoms with van der Waals surface area (Å²) in [5.74, 6) is -0.359. The van der Waals surface area contributed by atoms with Crippen molar-refractivity contribution >= 4 is 5.91 Å². The summed E-state index contributed by atoms with van der Waals surface area (Å²) in [6.45, 7) is 6.96. The minimum Gasteiger partial charge on any atom is -0.379 e. The Morgan fingerprint density at radius 2 is 1.64 bits per heavy atom. The molecule has 1 aliphatic heterocycles. The van der Waals surface area contributed by atoms with Crippen LogP contribution in [-0.2, 0) is 11.3 Å². The minimum atomic E-state index is -0.373. The van der Waals surface area contributed by atoms with Gasteiger partial charge in [0.25, 0.3) is 11.5 Å². The largest absolute Gasteiger partial charge is 0.379 e. The van der Waals surface area contributed by atoms with Crippen LogP contribution >= 0.6 is 0 Å². The minimum absolute atomic E-state index is 0.142. The highest BCUT2D eigenvalue weighted by Crippen LogP contribution is 2.31. The summed E-state index contributed by atoms with van der Waals surface area (Å²) in [6, 6.07) is 19.2. The lowest BCUT2D eigenvalue weighted by atomic mass is 9.95. The van der Waals surface area contributed by atoms with E-state index in [1.54, 1.807) is 0 Å². The van der Waals surface area contributed by atoms with Crippen molar-refractivity contribution in [1.29, 1.82) is 0 Å². The van der Waals surface area contributed by atoms with Crippen LogP contribution in [0.5, 0.6) is 0 Å². The Balaban J connectivity index is 1.68. The number of amides is 1. The molecule has 4 rings (SSSR count). The molecule has 0 saturated carbocycles. The lowest BCUT2D eigenvalue weighted by molar-refractivity contribution is 0.0374. The van der Waals surface area contributed by atoms with Crippen LogP contribution in [0.2, 0.25) is 0 Å². The van der Waals surface area contributed by atoms with Crippen molar-refractivity contribution in [2.24, 2.45) is 0 Å². The molecule has 7 nitrogen and oxygen atoms in total. The van der Waals surface area contributed by atoms with E-state index in [4.69, 9.17) is 4.74 Å². The van der Waals surface area contributed by atoms with Gasteiger partial charge in [-0.2, -0.15) is 5.10 Å². The second-order valence-corrected chi connectivity index (χ2v) is 8.02. The zero-order valence-electron chi connectivity index (χ0n) is 19.0. The van der Waals surface area contributed by atoms with E-state index in [0.29, 0.717) is 24.3 Å². The molecule has 1 saturated heterocycles. The predicted molar refractivity (Wildman–Crippen MR) is 129 cm³/mol. The van der Waals surface area contributed by atoms with E-state index in [9.17, 15) is 9.59 Å². The molecule has 7 heteroatoms. The molecule has 0 radical (unpaired) electrons. The number of aryl methyl sites for hydroxylation is 1. The smallest absolute Gasteiger partial charge is 0.280 e. The van der Waals surface area contributed by atoms with Crippen LogP contribution in [0.1, 0.15) is 23.7 Å². The van der Waals surface area contributed by atoms with Crippen molar-refractivity contribution in [3.8, 4) is 22.4 Å². The van der Waals surface area contributed by atoms with Gasteiger partial charge in [-0.05, 0) is 25.5 Å². The number of rotatable bonds is 8. The molecule has 0 bridgehead atoms. The van der Waals surface area contributed by atoms with Crippen molar-refractivity contribution in [1.82, 2.24) is 20.0 Å². The summed E-state index contributed by atoms with van der Waals surface area (Å²) < 4.78 is 6.76. The molecule has 1 aliphatic rings. The van der Waals surface area contributed by atoms with Gasteiger partial charge in [0.2, 0.25) is 0 Å². The first kappa shape index (κ1) is 22.9. The molecule has 2 aromatic carbocycles. The summed E-state index contributed by atoms with van der Waals surface area (Å²) in [5.41, 5.74) is 2.62. The second-order valence-electron chi connectivity index (χ2n) is 8.02. The second kappa shape index (κ2) is 11.0. The quantitative estimate of drug-likeness (QED) is 0.538. The Morgan fingerprint density at radius 1 is 1.00 bits per heavy atom. The van der Waals surface area contributed by atoms with Crippen LogP contribution in [0.3, 0.4) is 0 Å². The lowest BCUT2D eigenvalue weighted by Gasteiger charge is -2.26. The lowest BCUT2D eigenvalue weighted by Crippen LogP contribution is -2.39. The number of hydrogen-bond acceptors (Lipinski definition) is 5. The highest BCUT2D eigenvalue weighted by atomic mass is 16.5. The number of aromatic nitrogens is 2. The molecule has 1 aromatic heterocycles. The van der Waals surface area contributed by atoms with Crippen molar-refractivity contribution in [3.63, 3.8) is 0 Å². The molecule has 2 heterocycles. The molecular formula is C26H30N4O3. The van der Waals surface area contributed by atoms with Gasteiger partial charge in [0.05, 0.1) is 18.9 Å². The van der Waals surface area contributed by atoms with E-state index in [1.165, 1.54) is 4.68 Å². The Bertz CT molecular complexity index is 1120. The van der Waals surface area contributed by atoms with E-state index in [2.05, 4.69) is 15.3 Å². The number of morpholine rings is 1. The van der Waals surface area contributed by atoms with Gasteiger partial charge in [-0.1, -0.05) is 60.7 Å². The molecule has 33 heavy (non-hydrogen) atoms. The van der Waals surface area contributed by atoms with E-state index >= 15 is 0 Å². The number of carbonyl (C=O) groups excluding carboxylic acids is 1. The van der Waals surface area contributed by atoms with Gasteiger partial charge in [-0.3, -0.25) is 14.5 Å². The monoisotopic (exact) mass is 446 g/mol. The molecule has 0 spiro atoms. The summed E-state index contributed by atoms with van der Waals surface area (Å²) in [5, 5.41) is 7.63. The topological polar surface area (TPSA) is 76.5 Å². The highest BCUT2D eigenvalue weighted by molar-refractivity contribution is 6.03. The summed E-state index contributed by atoms with van der Waals surface area (Å²) >= 11 is 0. The SMILES string of the molecule is CCn1nc(-c2ccccc2)c(-c2ccccc2)c(C(=O)NCCCN2CCOCC2)c1=O. The van der Waals surface area contributed by atoms with Crippen molar-refractivity contribution in [2.75, 3.05) is 39.4 Å². The van der Waals surface area contributed by atoms with Crippen LogP contribution in [0.15, 0.2) is 65.5 Å². The van der Waals surface area contributed by atoms with Crippen LogP contribution in [-0.4, -0.2) is 60.0 Å². The average molecular weight is 447 g/mol. The van der Waals surface area contributed by atoms with Gasteiger partial charge in [0.1, 0.15) is 5.56 Å². The van der Waals surface area contributed by atoms with Gasteiger partial charge in [-0.15, -0.1) is 0 Å². The molecule has 0 unspecified atom stereocenters. The standard InChI is InChI=1S/C26H30N4O3/c1-2-30-26(32)23(25(31)27-14-9-15-29-16-18-33-19-17-29)22(20-10-5-3-6-11-20)24(28-30)21-12-7-4-8-13-21/h3-8,10-13H,2,9,14-19H2,1H3,(H,27,31). The third-order valence-corrected chi connectivity index (χ3v) is 5.83. The van der Waals surface area contributed by atoms with Crippen molar-refractivity contribution in [2.45, 2.75) is 19.9 Å². The molecule has 3 aromatic rings. The third-order valence-electron chi connectivity index (χ3n) is 5.83. The highest BCUT2D eigenvalue weighted by Gasteiger charge is 2.24. The molecule has 0 atom stereocenters.